The number of rotatable bonds is 5. The van der Waals surface area contributed by atoms with Gasteiger partial charge in [-0.25, -0.2) is 4.79 Å². The van der Waals surface area contributed by atoms with Gasteiger partial charge in [0.15, 0.2) is 0 Å². The number of ether oxygens (including phenoxy) is 1. The van der Waals surface area contributed by atoms with Gasteiger partial charge < -0.3 is 15.2 Å². The zero-order chi connectivity index (χ0) is 15.2. The van der Waals surface area contributed by atoms with Crippen molar-refractivity contribution in [2.24, 2.45) is 5.92 Å². The molecule has 1 aromatic carbocycles. The largest absolute Gasteiger partial charge is 0.480 e. The lowest BCUT2D eigenvalue weighted by Crippen LogP contribution is -2.48. The van der Waals surface area contributed by atoms with Crippen molar-refractivity contribution in [3.63, 3.8) is 0 Å². The molecular formula is C15H18BrNO4. The van der Waals surface area contributed by atoms with Gasteiger partial charge in [-0.15, -0.1) is 0 Å². The number of carboxylic acid groups (broad SMARTS) is 1. The molecule has 0 radical (unpaired) electrons. The lowest BCUT2D eigenvalue weighted by atomic mass is 9.93. The number of carbonyl (C=O) groups excluding carboxylic acids is 1. The average Bonchev–Trinajstić information content (AvgIpc) is 2.48. The normalized spacial score (nSPS) is 19.8. The molecule has 114 valence electrons. The topological polar surface area (TPSA) is 75.6 Å². The molecule has 0 spiro atoms. The molecule has 21 heavy (non-hydrogen) atoms. The number of carboxylic acids is 1. The Bertz CT molecular complexity index is 497. The molecule has 5 nitrogen and oxygen atoms in total. The zero-order valence-electron chi connectivity index (χ0n) is 11.5. The summed E-state index contributed by atoms with van der Waals surface area (Å²) in [4.78, 5) is 23.4. The first-order valence-corrected chi connectivity index (χ1v) is 7.70. The summed E-state index contributed by atoms with van der Waals surface area (Å²) < 4.78 is 6.25. The molecule has 6 heteroatoms. The molecule has 2 rings (SSSR count). The van der Waals surface area contributed by atoms with Crippen molar-refractivity contribution in [2.75, 3.05) is 13.2 Å². The van der Waals surface area contributed by atoms with E-state index in [1.54, 1.807) is 0 Å². The van der Waals surface area contributed by atoms with Crippen LogP contribution >= 0.6 is 15.9 Å². The van der Waals surface area contributed by atoms with Crippen molar-refractivity contribution in [1.82, 2.24) is 5.32 Å². The first kappa shape index (κ1) is 16.0. The molecule has 1 aromatic rings. The molecule has 0 aromatic heterocycles. The van der Waals surface area contributed by atoms with Gasteiger partial charge in [-0.3, -0.25) is 4.79 Å². The molecule has 1 fully saturated rings. The van der Waals surface area contributed by atoms with E-state index in [-0.39, 0.29) is 18.2 Å². The number of hydrogen-bond acceptors (Lipinski definition) is 3. The van der Waals surface area contributed by atoms with Gasteiger partial charge in [0, 0.05) is 17.0 Å². The van der Waals surface area contributed by atoms with Crippen LogP contribution in [0.25, 0.3) is 0 Å². The van der Waals surface area contributed by atoms with E-state index in [2.05, 4.69) is 21.2 Å². The lowest BCUT2D eigenvalue weighted by molar-refractivity contribution is -0.145. The van der Waals surface area contributed by atoms with E-state index in [9.17, 15) is 14.7 Å². The van der Waals surface area contributed by atoms with Crippen LogP contribution in [0.3, 0.4) is 0 Å². The standard InChI is InChI=1S/C15H18BrNO4/c16-12-5-3-10(4-6-12)8-13(18)17-14(15(19)20)11-2-1-7-21-9-11/h3-6,11,14H,1-2,7-9H2,(H,17,18)(H,19,20). The maximum absolute atomic E-state index is 12.0. The predicted molar refractivity (Wildman–Crippen MR) is 81.0 cm³/mol. The molecular weight excluding hydrogens is 338 g/mol. The molecule has 1 saturated heterocycles. The minimum atomic E-state index is -1.00. The minimum Gasteiger partial charge on any atom is -0.480 e. The van der Waals surface area contributed by atoms with Crippen molar-refractivity contribution in [3.8, 4) is 0 Å². The van der Waals surface area contributed by atoms with Crippen LogP contribution in [0.2, 0.25) is 0 Å². The van der Waals surface area contributed by atoms with Crippen LogP contribution < -0.4 is 5.32 Å². The second-order valence-corrected chi connectivity index (χ2v) is 6.08. The van der Waals surface area contributed by atoms with Crippen molar-refractivity contribution in [1.29, 1.82) is 0 Å². The minimum absolute atomic E-state index is 0.162. The number of amides is 1. The van der Waals surface area contributed by atoms with E-state index in [0.717, 1.165) is 22.9 Å². The molecule has 2 unspecified atom stereocenters. The van der Waals surface area contributed by atoms with E-state index in [1.165, 1.54) is 0 Å². The van der Waals surface area contributed by atoms with Gasteiger partial charge >= 0.3 is 5.97 Å². The van der Waals surface area contributed by atoms with Gasteiger partial charge in [0.1, 0.15) is 6.04 Å². The Hall–Kier alpha value is -1.40. The van der Waals surface area contributed by atoms with Gasteiger partial charge in [-0.05, 0) is 30.5 Å². The fraction of sp³-hybridized carbons (Fsp3) is 0.467. The first-order chi connectivity index (χ1) is 10.1. The highest BCUT2D eigenvalue weighted by Crippen LogP contribution is 2.18. The van der Waals surface area contributed by atoms with E-state index >= 15 is 0 Å². The SMILES string of the molecule is O=C(Cc1ccc(Br)cc1)NC(C(=O)O)C1CCCOC1. The predicted octanol–water partition coefficient (Wildman–Crippen LogP) is 1.99. The summed E-state index contributed by atoms with van der Waals surface area (Å²) in [7, 11) is 0. The number of aliphatic carboxylic acids is 1. The Kier molecular flexibility index (Phi) is 5.76. The average molecular weight is 356 g/mol. The van der Waals surface area contributed by atoms with Gasteiger partial charge in [-0.2, -0.15) is 0 Å². The molecule has 2 N–H and O–H groups in total. The third-order valence-corrected chi connectivity index (χ3v) is 4.06. The molecule has 0 aliphatic carbocycles. The van der Waals surface area contributed by atoms with Crippen molar-refractivity contribution in [2.45, 2.75) is 25.3 Å². The van der Waals surface area contributed by atoms with Crippen LogP contribution in [0.4, 0.5) is 0 Å². The fourth-order valence-corrected chi connectivity index (χ4v) is 2.69. The van der Waals surface area contributed by atoms with Crippen molar-refractivity contribution < 1.29 is 19.4 Å². The second kappa shape index (κ2) is 7.56. The summed E-state index contributed by atoms with van der Waals surface area (Å²) in [5, 5.41) is 11.9. The number of carbonyl (C=O) groups is 2. The van der Waals surface area contributed by atoms with E-state index in [4.69, 9.17) is 4.74 Å². The lowest BCUT2D eigenvalue weighted by Gasteiger charge is -2.28. The van der Waals surface area contributed by atoms with E-state index in [0.29, 0.717) is 13.2 Å². The quantitative estimate of drug-likeness (QED) is 0.846. The molecule has 1 aliphatic rings. The van der Waals surface area contributed by atoms with Crippen LogP contribution in [0.5, 0.6) is 0 Å². The fourth-order valence-electron chi connectivity index (χ4n) is 2.42. The van der Waals surface area contributed by atoms with E-state index in [1.807, 2.05) is 24.3 Å². The maximum Gasteiger partial charge on any atom is 0.326 e. The van der Waals surface area contributed by atoms with Crippen LogP contribution in [0.15, 0.2) is 28.7 Å². The highest BCUT2D eigenvalue weighted by atomic mass is 79.9. The van der Waals surface area contributed by atoms with Crippen LogP contribution in [-0.2, 0) is 20.7 Å². The maximum atomic E-state index is 12.0. The highest BCUT2D eigenvalue weighted by molar-refractivity contribution is 9.10. The summed E-state index contributed by atoms with van der Waals surface area (Å²) in [6, 6.07) is 6.50. The molecule has 1 aliphatic heterocycles. The summed E-state index contributed by atoms with van der Waals surface area (Å²) in [5.74, 6) is -1.45. The number of hydrogen-bond donors (Lipinski definition) is 2. The molecule has 1 amide bonds. The zero-order valence-corrected chi connectivity index (χ0v) is 13.1. The van der Waals surface area contributed by atoms with Gasteiger partial charge in [0.05, 0.1) is 13.0 Å². The second-order valence-electron chi connectivity index (χ2n) is 5.16. The summed E-state index contributed by atoms with van der Waals surface area (Å²) in [6.45, 7) is 1.05. The van der Waals surface area contributed by atoms with Gasteiger partial charge in [0.25, 0.3) is 0 Å². The van der Waals surface area contributed by atoms with Crippen molar-refractivity contribution in [3.05, 3.63) is 34.3 Å². The van der Waals surface area contributed by atoms with Crippen molar-refractivity contribution >= 4 is 27.8 Å². The molecule has 2 atom stereocenters. The van der Waals surface area contributed by atoms with Gasteiger partial charge in [0.2, 0.25) is 5.91 Å². The smallest absolute Gasteiger partial charge is 0.326 e. The van der Waals surface area contributed by atoms with Crippen LogP contribution in [0.1, 0.15) is 18.4 Å². The number of halogens is 1. The molecule has 1 heterocycles. The Labute approximate surface area is 131 Å². The summed E-state index contributed by atoms with van der Waals surface area (Å²) in [6.07, 6.45) is 1.76. The first-order valence-electron chi connectivity index (χ1n) is 6.90. The third kappa shape index (κ3) is 4.82. The van der Waals surface area contributed by atoms with Gasteiger partial charge in [-0.1, -0.05) is 28.1 Å². The Morgan fingerprint density at radius 3 is 2.67 bits per heavy atom. The molecule has 0 bridgehead atoms. The third-order valence-electron chi connectivity index (χ3n) is 3.53. The number of nitrogens with one attached hydrogen (secondary N) is 1. The summed E-state index contributed by atoms with van der Waals surface area (Å²) in [5.41, 5.74) is 0.847. The Balaban J connectivity index is 1.94. The summed E-state index contributed by atoms with van der Waals surface area (Å²) >= 11 is 3.33. The Morgan fingerprint density at radius 2 is 2.10 bits per heavy atom. The highest BCUT2D eigenvalue weighted by Gasteiger charge is 2.31. The Morgan fingerprint density at radius 1 is 1.38 bits per heavy atom. The van der Waals surface area contributed by atoms with Crippen LogP contribution in [-0.4, -0.2) is 36.2 Å². The van der Waals surface area contributed by atoms with Crippen LogP contribution in [0, 0.1) is 5.92 Å². The number of benzene rings is 1. The molecule has 0 saturated carbocycles. The van der Waals surface area contributed by atoms with E-state index < -0.39 is 12.0 Å². The monoisotopic (exact) mass is 355 g/mol.